The fourth-order valence-corrected chi connectivity index (χ4v) is 1.39. The number of halogens is 1. The van der Waals surface area contributed by atoms with Crippen LogP contribution in [0.25, 0.3) is 0 Å². The molecule has 0 spiro atoms. The molecular weight excluding hydrogens is 244 g/mol. The number of aliphatic hydroxyl groups is 1. The SMILES string of the molecule is NC(=O)C(O)CNC(=O)Cc1ccccc1Cl. The molecule has 0 aliphatic rings. The standard InChI is InChI=1S/C11H13ClN2O3/c12-8-4-2-1-3-7(8)5-10(16)14-6-9(15)11(13)17/h1-4,9,15H,5-6H2,(H2,13,17)(H,14,16). The number of primary amides is 1. The van der Waals surface area contributed by atoms with E-state index in [0.717, 1.165) is 0 Å². The summed E-state index contributed by atoms with van der Waals surface area (Å²) in [5.41, 5.74) is 5.52. The van der Waals surface area contributed by atoms with Crippen molar-refractivity contribution in [2.45, 2.75) is 12.5 Å². The maximum absolute atomic E-state index is 11.5. The number of carbonyl (C=O) groups excluding carboxylic acids is 2. The van der Waals surface area contributed by atoms with E-state index in [4.69, 9.17) is 22.4 Å². The van der Waals surface area contributed by atoms with E-state index in [1.165, 1.54) is 0 Å². The van der Waals surface area contributed by atoms with E-state index in [9.17, 15) is 9.59 Å². The van der Waals surface area contributed by atoms with Gasteiger partial charge in [-0.1, -0.05) is 29.8 Å². The van der Waals surface area contributed by atoms with E-state index in [1.54, 1.807) is 24.3 Å². The Hall–Kier alpha value is -1.59. The second kappa shape index (κ2) is 6.22. The van der Waals surface area contributed by atoms with Crippen molar-refractivity contribution in [1.29, 1.82) is 0 Å². The van der Waals surface area contributed by atoms with E-state index in [0.29, 0.717) is 10.6 Å². The molecule has 0 saturated heterocycles. The van der Waals surface area contributed by atoms with Crippen LogP contribution in [-0.2, 0) is 16.0 Å². The van der Waals surface area contributed by atoms with Crippen LogP contribution in [0, 0.1) is 0 Å². The molecule has 0 radical (unpaired) electrons. The lowest BCUT2D eigenvalue weighted by Crippen LogP contribution is -2.40. The predicted molar refractivity (Wildman–Crippen MR) is 63.4 cm³/mol. The van der Waals surface area contributed by atoms with Crippen molar-refractivity contribution in [1.82, 2.24) is 5.32 Å². The van der Waals surface area contributed by atoms with E-state index in [-0.39, 0.29) is 18.9 Å². The van der Waals surface area contributed by atoms with Crippen LogP contribution in [0.5, 0.6) is 0 Å². The second-order valence-electron chi connectivity index (χ2n) is 3.49. The second-order valence-corrected chi connectivity index (χ2v) is 3.90. The largest absolute Gasteiger partial charge is 0.381 e. The molecule has 0 aliphatic carbocycles. The third-order valence-corrected chi connectivity index (χ3v) is 2.50. The fourth-order valence-electron chi connectivity index (χ4n) is 1.19. The summed E-state index contributed by atoms with van der Waals surface area (Å²) in [7, 11) is 0. The molecule has 0 fully saturated rings. The Morgan fingerprint density at radius 1 is 1.41 bits per heavy atom. The highest BCUT2D eigenvalue weighted by Gasteiger charge is 2.12. The third kappa shape index (κ3) is 4.42. The molecular formula is C11H13ClN2O3. The molecule has 6 heteroatoms. The molecule has 1 atom stereocenters. The van der Waals surface area contributed by atoms with Crippen molar-refractivity contribution in [3.05, 3.63) is 34.9 Å². The number of carbonyl (C=O) groups is 2. The number of nitrogens with two attached hydrogens (primary N) is 1. The van der Waals surface area contributed by atoms with Crippen LogP contribution in [0.3, 0.4) is 0 Å². The molecule has 1 aromatic rings. The Balaban J connectivity index is 2.46. The number of aliphatic hydroxyl groups excluding tert-OH is 1. The van der Waals surface area contributed by atoms with Crippen LogP contribution < -0.4 is 11.1 Å². The van der Waals surface area contributed by atoms with Gasteiger partial charge in [-0.05, 0) is 11.6 Å². The minimum absolute atomic E-state index is 0.0884. The van der Waals surface area contributed by atoms with Crippen LogP contribution in [0.2, 0.25) is 5.02 Å². The Morgan fingerprint density at radius 3 is 2.65 bits per heavy atom. The molecule has 5 nitrogen and oxygen atoms in total. The first kappa shape index (κ1) is 13.5. The minimum Gasteiger partial charge on any atom is -0.381 e. The minimum atomic E-state index is -1.37. The molecule has 0 saturated carbocycles. The number of hydrogen-bond acceptors (Lipinski definition) is 3. The summed E-state index contributed by atoms with van der Waals surface area (Å²) in [5, 5.41) is 12.0. The van der Waals surface area contributed by atoms with Gasteiger partial charge in [-0.15, -0.1) is 0 Å². The average molecular weight is 257 g/mol. The van der Waals surface area contributed by atoms with Gasteiger partial charge in [-0.3, -0.25) is 9.59 Å². The molecule has 0 bridgehead atoms. The van der Waals surface area contributed by atoms with Crippen LogP contribution >= 0.6 is 11.6 Å². The summed E-state index contributed by atoms with van der Waals surface area (Å²) in [4.78, 5) is 22.0. The number of benzene rings is 1. The Morgan fingerprint density at radius 2 is 2.06 bits per heavy atom. The van der Waals surface area contributed by atoms with Gasteiger partial charge >= 0.3 is 0 Å². The maximum Gasteiger partial charge on any atom is 0.248 e. The van der Waals surface area contributed by atoms with Crippen molar-refractivity contribution in [3.63, 3.8) is 0 Å². The van der Waals surface area contributed by atoms with Crippen molar-refractivity contribution >= 4 is 23.4 Å². The first-order valence-corrected chi connectivity index (χ1v) is 5.36. The van der Waals surface area contributed by atoms with E-state index in [1.807, 2.05) is 0 Å². The molecule has 1 aromatic carbocycles. The quantitative estimate of drug-likeness (QED) is 0.684. The van der Waals surface area contributed by atoms with Gasteiger partial charge in [0.15, 0.2) is 0 Å². The van der Waals surface area contributed by atoms with Crippen molar-refractivity contribution in [2.24, 2.45) is 5.73 Å². The molecule has 4 N–H and O–H groups in total. The first-order chi connectivity index (χ1) is 8.00. The molecule has 1 unspecified atom stereocenters. The molecule has 0 heterocycles. The van der Waals surface area contributed by atoms with Gasteiger partial charge in [-0.25, -0.2) is 0 Å². The highest BCUT2D eigenvalue weighted by atomic mass is 35.5. The summed E-state index contributed by atoms with van der Waals surface area (Å²) >= 11 is 5.88. The highest BCUT2D eigenvalue weighted by Crippen LogP contribution is 2.15. The summed E-state index contributed by atoms with van der Waals surface area (Å²) in [5.74, 6) is -1.21. The zero-order valence-electron chi connectivity index (χ0n) is 9.02. The molecule has 17 heavy (non-hydrogen) atoms. The van der Waals surface area contributed by atoms with Gasteiger partial charge in [0, 0.05) is 5.02 Å². The Kier molecular flexibility index (Phi) is 4.93. The number of amides is 2. The van der Waals surface area contributed by atoms with Gasteiger partial charge in [0.25, 0.3) is 0 Å². The van der Waals surface area contributed by atoms with Crippen molar-refractivity contribution in [3.8, 4) is 0 Å². The molecule has 1 rings (SSSR count). The Bertz CT molecular complexity index is 423. The lowest BCUT2D eigenvalue weighted by molar-refractivity contribution is -0.126. The van der Waals surface area contributed by atoms with Crippen LogP contribution in [0.4, 0.5) is 0 Å². The average Bonchev–Trinajstić information content (AvgIpc) is 2.29. The Labute approximate surface area is 104 Å². The van der Waals surface area contributed by atoms with Gasteiger partial charge in [0.2, 0.25) is 11.8 Å². The van der Waals surface area contributed by atoms with E-state index in [2.05, 4.69) is 5.32 Å². The molecule has 0 aliphatic heterocycles. The van der Waals surface area contributed by atoms with E-state index < -0.39 is 12.0 Å². The summed E-state index contributed by atoms with van der Waals surface area (Å²) < 4.78 is 0. The van der Waals surface area contributed by atoms with Gasteiger partial charge < -0.3 is 16.2 Å². The van der Waals surface area contributed by atoms with Crippen molar-refractivity contribution < 1.29 is 14.7 Å². The molecule has 92 valence electrons. The smallest absolute Gasteiger partial charge is 0.248 e. The first-order valence-electron chi connectivity index (χ1n) is 4.98. The van der Waals surface area contributed by atoms with Gasteiger partial charge in [-0.2, -0.15) is 0 Å². The summed E-state index contributed by atoms with van der Waals surface area (Å²) in [6.07, 6.45) is -1.28. The number of nitrogens with one attached hydrogen (secondary N) is 1. The van der Waals surface area contributed by atoms with Crippen LogP contribution in [0.15, 0.2) is 24.3 Å². The maximum atomic E-state index is 11.5. The van der Waals surface area contributed by atoms with Gasteiger partial charge in [0.1, 0.15) is 6.10 Å². The number of rotatable bonds is 5. The molecule has 2 amide bonds. The summed E-state index contributed by atoms with van der Waals surface area (Å²) in [6.45, 7) is -0.196. The molecule has 0 aromatic heterocycles. The normalized spacial score (nSPS) is 11.9. The van der Waals surface area contributed by atoms with Crippen molar-refractivity contribution in [2.75, 3.05) is 6.54 Å². The zero-order valence-corrected chi connectivity index (χ0v) is 9.78. The van der Waals surface area contributed by atoms with Crippen LogP contribution in [0.1, 0.15) is 5.56 Å². The monoisotopic (exact) mass is 256 g/mol. The third-order valence-electron chi connectivity index (χ3n) is 2.13. The predicted octanol–water partition coefficient (Wildman–Crippen LogP) is -0.155. The lowest BCUT2D eigenvalue weighted by atomic mass is 10.1. The zero-order chi connectivity index (χ0) is 12.8. The lowest BCUT2D eigenvalue weighted by Gasteiger charge is -2.09. The van der Waals surface area contributed by atoms with Crippen LogP contribution in [-0.4, -0.2) is 29.6 Å². The topological polar surface area (TPSA) is 92.4 Å². The highest BCUT2D eigenvalue weighted by molar-refractivity contribution is 6.31. The fraction of sp³-hybridized carbons (Fsp3) is 0.273. The van der Waals surface area contributed by atoms with E-state index >= 15 is 0 Å². The number of hydrogen-bond donors (Lipinski definition) is 3. The van der Waals surface area contributed by atoms with Gasteiger partial charge in [0.05, 0.1) is 13.0 Å². The summed E-state index contributed by atoms with van der Waals surface area (Å²) in [6, 6.07) is 6.95.